The van der Waals surface area contributed by atoms with Crippen LogP contribution in [0.1, 0.15) is 41.4 Å². The fourth-order valence-electron chi connectivity index (χ4n) is 5.07. The maximum absolute atomic E-state index is 13.8. The largest absolute Gasteiger partial charge is 0.375 e. The third-order valence-corrected chi connectivity index (χ3v) is 7.61. The number of hydrogen-bond donors (Lipinski definition) is 4. The number of nitrogens with zero attached hydrogens (tertiary/aromatic N) is 2. The lowest BCUT2D eigenvalue weighted by atomic mass is 9.86. The number of hydrogen-bond acceptors (Lipinski definition) is 5. The number of aliphatic hydroxyl groups excluding tert-OH is 1. The Morgan fingerprint density at radius 2 is 2.08 bits per heavy atom. The van der Waals surface area contributed by atoms with Crippen molar-refractivity contribution in [1.29, 1.82) is 0 Å². The van der Waals surface area contributed by atoms with E-state index in [1.807, 2.05) is 32.0 Å². The van der Waals surface area contributed by atoms with Crippen LogP contribution in [0.5, 0.6) is 0 Å². The van der Waals surface area contributed by atoms with Crippen molar-refractivity contribution < 1.29 is 19.1 Å². The molecule has 204 valence electrons. The minimum Gasteiger partial charge on any atom is -0.375 e. The van der Waals surface area contributed by atoms with E-state index in [2.05, 4.69) is 15.6 Å². The van der Waals surface area contributed by atoms with Crippen LogP contribution in [0.3, 0.4) is 0 Å². The molecule has 0 fully saturated rings. The number of nitrogens with one attached hydrogen (secondary N) is 3. The van der Waals surface area contributed by atoms with Crippen LogP contribution >= 0.6 is 0 Å². The molecule has 1 aliphatic heterocycles. The van der Waals surface area contributed by atoms with Gasteiger partial charge in [0.25, 0.3) is 5.91 Å². The first kappa shape index (κ1) is 27.8. The minimum absolute atomic E-state index is 0.121. The Hall–Kier alpha value is -3.27. The number of carbonyl (C=O) groups is 2. The number of rotatable bonds is 9. The van der Waals surface area contributed by atoms with Gasteiger partial charge in [-0.15, -0.1) is 0 Å². The maximum atomic E-state index is 13.8. The molecule has 4 rings (SSSR count). The predicted octanol–water partition coefficient (Wildman–Crippen LogP) is 2.93. The monoisotopic (exact) mass is 523 g/mol. The Bertz CT molecular complexity index is 1270. The summed E-state index contributed by atoms with van der Waals surface area (Å²) >= 11 is 0. The molecule has 0 bridgehead atoms. The zero-order valence-electron chi connectivity index (χ0n) is 22.8. The van der Waals surface area contributed by atoms with Gasteiger partial charge >= 0.3 is 0 Å². The first-order valence-electron chi connectivity index (χ1n) is 13.1. The number of anilines is 1. The zero-order chi connectivity index (χ0) is 27.6. The SMILES string of the molecule is Cc1c(/C=C2\C(=O)Nc3ccc(F)cc32)[nH]c2c1CCC(CNC(=O)[C@H](C)N(C)C(O)/C=C/CN(C)C)C2. The molecular formula is C29H38FN5O3. The van der Waals surface area contributed by atoms with Crippen LogP contribution in [-0.4, -0.2) is 78.2 Å². The fourth-order valence-corrected chi connectivity index (χ4v) is 5.07. The molecule has 0 radical (unpaired) electrons. The van der Waals surface area contributed by atoms with Crippen molar-refractivity contribution in [2.24, 2.45) is 5.92 Å². The van der Waals surface area contributed by atoms with E-state index in [0.717, 1.165) is 36.2 Å². The summed E-state index contributed by atoms with van der Waals surface area (Å²) in [4.78, 5) is 32.4. The van der Waals surface area contributed by atoms with Crippen molar-refractivity contribution in [2.75, 3.05) is 39.5 Å². The number of benzene rings is 1. The maximum Gasteiger partial charge on any atom is 0.256 e. The molecule has 0 spiro atoms. The molecule has 9 heteroatoms. The molecule has 4 N–H and O–H groups in total. The average Bonchev–Trinajstić information content (AvgIpc) is 3.36. The first-order chi connectivity index (χ1) is 18.0. The van der Waals surface area contributed by atoms with Crippen LogP contribution in [0.4, 0.5) is 10.1 Å². The molecule has 38 heavy (non-hydrogen) atoms. The van der Waals surface area contributed by atoms with E-state index >= 15 is 0 Å². The van der Waals surface area contributed by atoms with Gasteiger partial charge < -0.3 is 25.6 Å². The second-order valence-electron chi connectivity index (χ2n) is 10.6. The third-order valence-electron chi connectivity index (χ3n) is 7.61. The van der Waals surface area contributed by atoms with Crippen molar-refractivity contribution in [3.63, 3.8) is 0 Å². The summed E-state index contributed by atoms with van der Waals surface area (Å²) in [5.74, 6) is -0.466. The number of amides is 2. The summed E-state index contributed by atoms with van der Waals surface area (Å²) in [5.41, 5.74) is 5.95. The number of H-pyrrole nitrogens is 1. The van der Waals surface area contributed by atoms with Gasteiger partial charge in [0.2, 0.25) is 5.91 Å². The number of aromatic nitrogens is 1. The smallest absolute Gasteiger partial charge is 0.256 e. The molecule has 0 saturated heterocycles. The molecule has 3 atom stereocenters. The highest BCUT2D eigenvalue weighted by atomic mass is 19.1. The van der Waals surface area contributed by atoms with Gasteiger partial charge in [0.05, 0.1) is 11.6 Å². The van der Waals surface area contributed by atoms with E-state index in [1.54, 1.807) is 37.1 Å². The molecule has 2 amide bonds. The lowest BCUT2D eigenvalue weighted by Gasteiger charge is -2.28. The minimum atomic E-state index is -0.840. The Labute approximate surface area is 223 Å². The van der Waals surface area contributed by atoms with Gasteiger partial charge in [-0.2, -0.15) is 0 Å². The molecular weight excluding hydrogens is 485 g/mol. The van der Waals surface area contributed by atoms with Crippen LogP contribution in [-0.2, 0) is 22.4 Å². The molecule has 1 aromatic heterocycles. The second-order valence-corrected chi connectivity index (χ2v) is 10.6. The normalized spacial score (nSPS) is 19.7. The van der Waals surface area contributed by atoms with Crippen LogP contribution in [0.25, 0.3) is 11.6 Å². The van der Waals surface area contributed by atoms with Crippen LogP contribution in [0.15, 0.2) is 30.4 Å². The molecule has 1 aromatic carbocycles. The van der Waals surface area contributed by atoms with Gasteiger partial charge in [-0.05, 0) is 102 Å². The van der Waals surface area contributed by atoms with E-state index in [9.17, 15) is 19.1 Å². The van der Waals surface area contributed by atoms with Gasteiger partial charge in [-0.25, -0.2) is 4.39 Å². The average molecular weight is 524 g/mol. The Morgan fingerprint density at radius 1 is 1.32 bits per heavy atom. The van der Waals surface area contributed by atoms with E-state index in [1.165, 1.54) is 17.7 Å². The van der Waals surface area contributed by atoms with Gasteiger partial charge in [-0.3, -0.25) is 14.5 Å². The summed E-state index contributed by atoms with van der Waals surface area (Å²) in [6.45, 7) is 5.09. The molecule has 2 heterocycles. The highest BCUT2D eigenvalue weighted by Crippen LogP contribution is 2.36. The van der Waals surface area contributed by atoms with E-state index in [-0.39, 0.29) is 23.5 Å². The Morgan fingerprint density at radius 3 is 2.82 bits per heavy atom. The van der Waals surface area contributed by atoms with Crippen molar-refractivity contribution in [3.05, 3.63) is 64.2 Å². The number of halogens is 1. The Kier molecular flexibility index (Phi) is 8.50. The van der Waals surface area contributed by atoms with Crippen LogP contribution in [0.2, 0.25) is 0 Å². The van der Waals surface area contributed by atoms with Gasteiger partial charge in [-0.1, -0.05) is 6.08 Å². The lowest BCUT2D eigenvalue weighted by molar-refractivity contribution is -0.128. The summed E-state index contributed by atoms with van der Waals surface area (Å²) in [6, 6.07) is 3.82. The van der Waals surface area contributed by atoms with Gasteiger partial charge in [0, 0.05) is 35.7 Å². The topological polar surface area (TPSA) is 101 Å². The highest BCUT2D eigenvalue weighted by Gasteiger charge is 2.28. The number of carbonyl (C=O) groups excluding carboxylic acids is 2. The molecule has 2 aromatic rings. The van der Waals surface area contributed by atoms with Crippen molar-refractivity contribution in [2.45, 2.75) is 45.4 Å². The standard InChI is InChI=1S/C29H38FN5O3/c1-17-21-10-8-19(16-31-28(37)18(2)35(5)27(36)7-6-12-34(3)4)13-26(21)32-25(17)15-23-22-14-20(30)9-11-24(22)33-29(23)38/h6-7,9,11,14-15,18-19,27,32,36H,8,10,12-13,16H2,1-5H3,(H,31,37)(H,33,38)/b7-6+,23-15-/t18-,19?,27?/m0/s1. The third kappa shape index (κ3) is 6.06. The zero-order valence-corrected chi connectivity index (χ0v) is 22.8. The molecule has 0 saturated carbocycles. The van der Waals surface area contributed by atoms with Crippen molar-refractivity contribution >= 4 is 29.2 Å². The van der Waals surface area contributed by atoms with Crippen molar-refractivity contribution in [3.8, 4) is 0 Å². The number of aliphatic hydroxyl groups is 1. The summed E-state index contributed by atoms with van der Waals surface area (Å²) in [5, 5.41) is 16.2. The molecule has 2 aliphatic rings. The summed E-state index contributed by atoms with van der Waals surface area (Å²) < 4.78 is 13.8. The van der Waals surface area contributed by atoms with Crippen LogP contribution in [0, 0.1) is 18.7 Å². The molecule has 2 unspecified atom stereocenters. The Balaban J connectivity index is 1.37. The molecule has 1 aliphatic carbocycles. The van der Waals surface area contributed by atoms with Gasteiger partial charge in [0.1, 0.15) is 12.0 Å². The van der Waals surface area contributed by atoms with Gasteiger partial charge in [0.15, 0.2) is 0 Å². The first-order valence-corrected chi connectivity index (χ1v) is 13.1. The predicted molar refractivity (Wildman–Crippen MR) is 148 cm³/mol. The number of fused-ring (bicyclic) bond motifs is 2. The fraction of sp³-hybridized carbons (Fsp3) is 0.448. The highest BCUT2D eigenvalue weighted by molar-refractivity contribution is 6.34. The summed E-state index contributed by atoms with van der Waals surface area (Å²) in [7, 11) is 5.64. The van der Waals surface area contributed by atoms with E-state index in [4.69, 9.17) is 0 Å². The summed E-state index contributed by atoms with van der Waals surface area (Å²) in [6.07, 6.45) is 7.15. The van der Waals surface area contributed by atoms with Crippen LogP contribution < -0.4 is 10.6 Å². The number of likely N-dealkylation sites (N-methyl/N-ethyl adjacent to an activating group) is 2. The number of aromatic amines is 1. The molecule has 8 nitrogen and oxygen atoms in total. The van der Waals surface area contributed by atoms with E-state index in [0.29, 0.717) is 29.9 Å². The van der Waals surface area contributed by atoms with E-state index < -0.39 is 12.3 Å². The second kappa shape index (κ2) is 11.6. The van der Waals surface area contributed by atoms with Crippen molar-refractivity contribution in [1.82, 2.24) is 20.1 Å². The lowest BCUT2D eigenvalue weighted by Crippen LogP contribution is -2.48. The quantitative estimate of drug-likeness (QED) is 0.230.